The fourth-order valence-corrected chi connectivity index (χ4v) is 3.76. The lowest BCUT2D eigenvalue weighted by Crippen LogP contribution is -2.26. The van der Waals surface area contributed by atoms with Gasteiger partial charge in [-0.25, -0.2) is 4.79 Å². The molecular weight excluding hydrogens is 352 g/mol. The Hall–Kier alpha value is -3.21. The van der Waals surface area contributed by atoms with Crippen LogP contribution in [0.5, 0.6) is 0 Å². The molecule has 1 heterocycles. The van der Waals surface area contributed by atoms with Crippen molar-refractivity contribution in [1.29, 1.82) is 0 Å². The fraction of sp³-hybridized carbons (Fsp3) is 0.261. The van der Waals surface area contributed by atoms with Crippen LogP contribution in [-0.2, 0) is 17.6 Å². The number of nitrogen functional groups attached to an aromatic ring is 1. The number of anilines is 1. The van der Waals surface area contributed by atoms with Crippen molar-refractivity contribution in [1.82, 2.24) is 4.98 Å². The van der Waals surface area contributed by atoms with Gasteiger partial charge in [0, 0.05) is 22.3 Å². The van der Waals surface area contributed by atoms with E-state index >= 15 is 0 Å². The zero-order valence-electron chi connectivity index (χ0n) is 15.8. The van der Waals surface area contributed by atoms with Crippen LogP contribution < -0.4 is 5.73 Å². The highest BCUT2D eigenvalue weighted by Gasteiger charge is 2.26. The first-order valence-corrected chi connectivity index (χ1v) is 9.56. The lowest BCUT2D eigenvalue weighted by Gasteiger charge is -2.21. The number of Topliss-reactive ketones (excluding diaryl/α,β-unsaturated/α-hetero) is 1. The van der Waals surface area contributed by atoms with Crippen LogP contribution in [0.1, 0.15) is 51.7 Å². The summed E-state index contributed by atoms with van der Waals surface area (Å²) in [4.78, 5) is 30.5. The molecule has 3 aromatic rings. The first kappa shape index (κ1) is 18.2. The molecule has 0 amide bonds. The van der Waals surface area contributed by atoms with E-state index in [0.717, 1.165) is 47.8 Å². The molecule has 0 saturated carbocycles. The second kappa shape index (κ2) is 7.43. The number of nitrogens with zero attached hydrogens (tertiary/aromatic N) is 1. The molecule has 0 unspecified atom stereocenters. The summed E-state index contributed by atoms with van der Waals surface area (Å²) in [5.74, 6) is -0.714. The van der Waals surface area contributed by atoms with Crippen LogP contribution in [-0.4, -0.2) is 22.8 Å². The van der Waals surface area contributed by atoms with Crippen molar-refractivity contribution in [3.05, 3.63) is 70.9 Å². The van der Waals surface area contributed by atoms with E-state index in [2.05, 4.69) is 0 Å². The number of hydrogen-bond acceptors (Lipinski definition) is 5. The summed E-state index contributed by atoms with van der Waals surface area (Å²) in [7, 11) is 0. The lowest BCUT2D eigenvalue weighted by molar-refractivity contribution is 0.0319. The average Bonchev–Trinajstić information content (AvgIpc) is 2.71. The van der Waals surface area contributed by atoms with Crippen LogP contribution in [0.4, 0.5) is 5.69 Å². The molecule has 1 aromatic heterocycles. The number of fused-ring (bicyclic) bond motifs is 2. The minimum absolute atomic E-state index is 0.249. The van der Waals surface area contributed by atoms with Gasteiger partial charge in [0.15, 0.2) is 6.10 Å². The minimum atomic E-state index is -0.887. The molecule has 0 fully saturated rings. The number of benzene rings is 2. The van der Waals surface area contributed by atoms with Gasteiger partial charge in [0.1, 0.15) is 0 Å². The van der Waals surface area contributed by atoms with Crippen molar-refractivity contribution in [2.75, 3.05) is 5.73 Å². The van der Waals surface area contributed by atoms with Gasteiger partial charge < -0.3 is 10.5 Å². The van der Waals surface area contributed by atoms with E-state index < -0.39 is 12.1 Å². The first-order valence-electron chi connectivity index (χ1n) is 9.56. The van der Waals surface area contributed by atoms with Crippen LogP contribution in [0, 0.1) is 0 Å². The maximum atomic E-state index is 13.1. The van der Waals surface area contributed by atoms with Gasteiger partial charge in [-0.15, -0.1) is 0 Å². The highest BCUT2D eigenvalue weighted by atomic mass is 16.5. The molecule has 5 nitrogen and oxygen atoms in total. The third kappa shape index (κ3) is 3.36. The van der Waals surface area contributed by atoms with Gasteiger partial charge in [-0.3, -0.25) is 9.78 Å². The predicted molar refractivity (Wildman–Crippen MR) is 108 cm³/mol. The molecule has 0 bridgehead atoms. The van der Waals surface area contributed by atoms with Crippen LogP contribution in [0.3, 0.4) is 0 Å². The quantitative estimate of drug-likeness (QED) is 0.422. The zero-order valence-corrected chi connectivity index (χ0v) is 15.8. The number of para-hydroxylation sites is 1. The number of esters is 1. The number of aromatic nitrogens is 1. The summed E-state index contributed by atoms with van der Waals surface area (Å²) in [6.45, 7) is 1.60. The largest absolute Gasteiger partial charge is 0.451 e. The molecule has 28 heavy (non-hydrogen) atoms. The maximum absolute atomic E-state index is 13.1. The molecule has 2 N–H and O–H groups in total. The summed E-state index contributed by atoms with van der Waals surface area (Å²) in [5, 5.41) is 0.778. The maximum Gasteiger partial charge on any atom is 0.339 e. The zero-order chi connectivity index (χ0) is 19.7. The number of ketones is 1. The van der Waals surface area contributed by atoms with Gasteiger partial charge in [-0.1, -0.05) is 18.2 Å². The molecule has 5 heteroatoms. The van der Waals surface area contributed by atoms with Crippen LogP contribution in [0.2, 0.25) is 0 Å². The molecule has 142 valence electrons. The molecule has 0 aliphatic heterocycles. The van der Waals surface area contributed by atoms with E-state index in [4.69, 9.17) is 15.5 Å². The second-order valence-corrected chi connectivity index (χ2v) is 7.17. The molecule has 0 saturated heterocycles. The van der Waals surface area contributed by atoms with Crippen molar-refractivity contribution in [3.63, 3.8) is 0 Å². The van der Waals surface area contributed by atoms with Crippen molar-refractivity contribution in [2.24, 2.45) is 0 Å². The molecule has 1 aliphatic carbocycles. The van der Waals surface area contributed by atoms with Crippen molar-refractivity contribution >= 4 is 28.3 Å². The highest BCUT2D eigenvalue weighted by molar-refractivity contribution is 6.07. The van der Waals surface area contributed by atoms with Crippen molar-refractivity contribution in [3.8, 4) is 0 Å². The van der Waals surface area contributed by atoms with Gasteiger partial charge >= 0.3 is 5.97 Å². The van der Waals surface area contributed by atoms with Crippen molar-refractivity contribution < 1.29 is 14.3 Å². The van der Waals surface area contributed by atoms with Crippen LogP contribution in [0.15, 0.2) is 48.5 Å². The molecule has 0 spiro atoms. The predicted octanol–water partition coefficient (Wildman–Crippen LogP) is 4.12. The SMILES string of the molecule is C[C@@H](OC(=O)c1c2c(nc3ccccc13)CCCC2)C(=O)c1ccc(N)cc1. The number of ether oxygens (including phenoxy) is 1. The Bertz CT molecular complexity index is 1060. The van der Waals surface area contributed by atoms with E-state index in [1.165, 1.54) is 0 Å². The van der Waals surface area contributed by atoms with Gasteiger partial charge in [0.25, 0.3) is 0 Å². The van der Waals surface area contributed by atoms with Crippen LogP contribution >= 0.6 is 0 Å². The van der Waals surface area contributed by atoms with E-state index in [-0.39, 0.29) is 5.78 Å². The number of hydrogen-bond donors (Lipinski definition) is 1. The summed E-state index contributed by atoms with van der Waals surface area (Å²) >= 11 is 0. The van der Waals surface area contributed by atoms with Gasteiger partial charge in [0.2, 0.25) is 5.78 Å². The summed E-state index contributed by atoms with van der Waals surface area (Å²) in [6.07, 6.45) is 2.87. The Balaban J connectivity index is 1.67. The average molecular weight is 374 g/mol. The van der Waals surface area contributed by atoms with Gasteiger partial charge in [-0.05, 0) is 68.5 Å². The number of rotatable bonds is 4. The fourth-order valence-electron chi connectivity index (χ4n) is 3.76. The monoisotopic (exact) mass is 374 g/mol. The molecule has 1 aliphatic rings. The minimum Gasteiger partial charge on any atom is -0.451 e. The Morgan fingerprint density at radius 3 is 2.54 bits per heavy atom. The highest BCUT2D eigenvalue weighted by Crippen LogP contribution is 2.30. The Morgan fingerprint density at radius 2 is 1.75 bits per heavy atom. The summed E-state index contributed by atoms with van der Waals surface area (Å²) in [6, 6.07) is 14.2. The normalized spacial score (nSPS) is 14.3. The first-order chi connectivity index (χ1) is 13.5. The van der Waals surface area contributed by atoms with E-state index in [1.54, 1.807) is 31.2 Å². The van der Waals surface area contributed by atoms with E-state index in [1.807, 2.05) is 24.3 Å². The molecule has 2 aromatic carbocycles. The third-order valence-electron chi connectivity index (χ3n) is 5.22. The second-order valence-electron chi connectivity index (χ2n) is 7.17. The van der Waals surface area contributed by atoms with Crippen molar-refractivity contribution in [2.45, 2.75) is 38.7 Å². The summed E-state index contributed by atoms with van der Waals surface area (Å²) in [5.41, 5.74) is 9.99. The van der Waals surface area contributed by atoms with Gasteiger partial charge in [-0.2, -0.15) is 0 Å². The standard InChI is InChI=1S/C23H22N2O3/c1-14(22(26)15-10-12-16(24)13-11-15)28-23(27)21-17-6-2-4-8-19(17)25-20-9-5-3-7-18(20)21/h2,4,6,8,10-14H,3,5,7,9,24H2,1H3/t14-/m1/s1. The third-order valence-corrected chi connectivity index (χ3v) is 5.22. The van der Waals surface area contributed by atoms with E-state index in [0.29, 0.717) is 16.8 Å². The van der Waals surface area contributed by atoms with Crippen LogP contribution in [0.25, 0.3) is 10.9 Å². The summed E-state index contributed by atoms with van der Waals surface area (Å²) < 4.78 is 5.61. The number of nitrogens with two attached hydrogens (primary N) is 1. The number of carbonyl (C=O) groups excluding carboxylic acids is 2. The molecule has 4 rings (SSSR count). The van der Waals surface area contributed by atoms with Gasteiger partial charge in [0.05, 0.1) is 11.1 Å². The Kier molecular flexibility index (Phi) is 4.82. The number of aryl methyl sites for hydroxylation is 1. The Labute approximate surface area is 163 Å². The van der Waals surface area contributed by atoms with E-state index in [9.17, 15) is 9.59 Å². The number of pyridine rings is 1. The smallest absolute Gasteiger partial charge is 0.339 e. The Morgan fingerprint density at radius 1 is 1.04 bits per heavy atom. The number of carbonyl (C=O) groups is 2. The molecule has 0 radical (unpaired) electrons. The molecular formula is C23H22N2O3. The topological polar surface area (TPSA) is 82.3 Å². The molecule has 1 atom stereocenters. The lowest BCUT2D eigenvalue weighted by atomic mass is 9.90.